The summed E-state index contributed by atoms with van der Waals surface area (Å²) in [6.07, 6.45) is 68.8. The molecular weight excluding hydrogens is 840 g/mol. The van der Waals surface area contributed by atoms with Gasteiger partial charge in [0.1, 0.15) is 13.2 Å². The number of aliphatic hydroxyl groups is 1. The number of phosphoric ester groups is 1. The maximum absolute atomic E-state index is 12.9. The van der Waals surface area contributed by atoms with Gasteiger partial charge in [0, 0.05) is 6.42 Å². The quantitative estimate of drug-likeness (QED) is 0.0272. The molecule has 0 radical (unpaired) electrons. The van der Waals surface area contributed by atoms with Gasteiger partial charge in [0.25, 0.3) is 7.82 Å². The van der Waals surface area contributed by atoms with Gasteiger partial charge < -0.3 is 28.8 Å². The van der Waals surface area contributed by atoms with Crippen molar-refractivity contribution in [3.05, 3.63) is 109 Å². The van der Waals surface area contributed by atoms with Gasteiger partial charge in [0.05, 0.1) is 39.9 Å². The van der Waals surface area contributed by atoms with Gasteiger partial charge >= 0.3 is 0 Å². The van der Waals surface area contributed by atoms with Crippen LogP contribution in [0, 0.1) is 0 Å². The first-order valence-electron chi connectivity index (χ1n) is 26.2. The van der Waals surface area contributed by atoms with Gasteiger partial charge in [-0.1, -0.05) is 213 Å². The van der Waals surface area contributed by atoms with E-state index in [4.69, 9.17) is 9.05 Å². The number of aliphatic hydroxyl groups excluding tert-OH is 1. The van der Waals surface area contributed by atoms with Crippen molar-refractivity contribution < 1.29 is 32.9 Å². The summed E-state index contributed by atoms with van der Waals surface area (Å²) in [4.78, 5) is 25.3. The summed E-state index contributed by atoms with van der Waals surface area (Å²) >= 11 is 0. The molecule has 0 spiro atoms. The highest BCUT2D eigenvalue weighted by Gasteiger charge is 2.23. The number of rotatable bonds is 46. The molecule has 0 aliphatic heterocycles. The number of nitrogens with zero attached hydrogens (tertiary/aromatic N) is 1. The second-order valence-corrected chi connectivity index (χ2v) is 19.9. The van der Waals surface area contributed by atoms with Crippen LogP contribution in [0.2, 0.25) is 0 Å². The van der Waals surface area contributed by atoms with Crippen LogP contribution < -0.4 is 10.2 Å². The number of carbonyl (C=O) groups excluding carboxylic acids is 1. The Morgan fingerprint density at radius 2 is 0.924 bits per heavy atom. The summed E-state index contributed by atoms with van der Waals surface area (Å²) in [6.45, 7) is 4.47. The van der Waals surface area contributed by atoms with E-state index in [1.54, 1.807) is 6.08 Å². The fraction of sp³-hybridized carbons (Fsp3) is 0.667. The molecule has 0 fully saturated rings. The maximum Gasteiger partial charge on any atom is 0.268 e. The van der Waals surface area contributed by atoms with Crippen molar-refractivity contribution in [2.75, 3.05) is 40.9 Å². The Balaban J connectivity index is 4.08. The number of allylic oxidation sites excluding steroid dienone is 17. The Bertz CT molecular complexity index is 1440. The van der Waals surface area contributed by atoms with E-state index >= 15 is 0 Å². The highest BCUT2D eigenvalue weighted by Crippen LogP contribution is 2.38. The van der Waals surface area contributed by atoms with Gasteiger partial charge in [-0.25, -0.2) is 0 Å². The highest BCUT2D eigenvalue weighted by molar-refractivity contribution is 7.45. The first-order valence-corrected chi connectivity index (χ1v) is 27.7. The number of likely N-dealkylation sites (N-methyl/N-ethyl adjacent to an activating group) is 1. The summed E-state index contributed by atoms with van der Waals surface area (Å²) < 4.78 is 23.2. The van der Waals surface area contributed by atoms with Crippen molar-refractivity contribution in [1.29, 1.82) is 0 Å². The number of carbonyl (C=O) groups is 1. The highest BCUT2D eigenvalue weighted by atomic mass is 31.2. The molecule has 0 aromatic carbocycles. The normalized spacial score (nSPS) is 15.0. The molecule has 8 nitrogen and oxygen atoms in total. The Hall–Kier alpha value is -2.84. The van der Waals surface area contributed by atoms with Gasteiger partial charge in [0.2, 0.25) is 5.91 Å². The Labute approximate surface area is 406 Å². The molecule has 0 aromatic heterocycles. The lowest BCUT2D eigenvalue weighted by molar-refractivity contribution is -0.870. The first kappa shape index (κ1) is 63.2. The predicted octanol–water partition coefficient (Wildman–Crippen LogP) is 15.0. The molecule has 0 heterocycles. The van der Waals surface area contributed by atoms with E-state index in [2.05, 4.69) is 116 Å². The van der Waals surface area contributed by atoms with Crippen molar-refractivity contribution in [3.8, 4) is 0 Å². The molecule has 0 aromatic rings. The average Bonchev–Trinajstić information content (AvgIpc) is 3.28. The molecule has 0 bridgehead atoms. The summed E-state index contributed by atoms with van der Waals surface area (Å²) in [7, 11) is 1.24. The average molecular weight is 939 g/mol. The number of phosphoric acid groups is 1. The number of hydrogen-bond donors (Lipinski definition) is 2. The second-order valence-electron chi connectivity index (χ2n) is 18.5. The molecule has 3 atom stereocenters. The van der Waals surface area contributed by atoms with E-state index in [0.717, 1.165) is 96.3 Å². The van der Waals surface area contributed by atoms with Crippen LogP contribution >= 0.6 is 7.82 Å². The summed E-state index contributed by atoms with van der Waals surface area (Å²) in [5.41, 5.74) is 0. The van der Waals surface area contributed by atoms with Gasteiger partial charge in [-0.2, -0.15) is 0 Å². The van der Waals surface area contributed by atoms with E-state index in [1.165, 1.54) is 77.0 Å². The SMILES string of the molecule is CC/C=C\C/C=C\C/C=C\C/C=C\C/C=C\C/C=C\C/C=C\C/C=C\CCCCCCCCCCCCC(=O)NC(COP(=O)([O-])OCC[N+](C)(C)C)C(O)/C=C/CCCCCCCCC. The summed E-state index contributed by atoms with van der Waals surface area (Å²) in [5.74, 6) is -0.210. The fourth-order valence-electron chi connectivity index (χ4n) is 6.87. The number of quaternary nitrogens is 1. The minimum absolute atomic E-state index is 0.00713. The van der Waals surface area contributed by atoms with Crippen molar-refractivity contribution in [2.45, 2.75) is 206 Å². The molecule has 0 saturated carbocycles. The van der Waals surface area contributed by atoms with E-state index in [1.807, 2.05) is 27.2 Å². The number of hydrogen-bond acceptors (Lipinski definition) is 6. The standard InChI is InChI=1S/C57H99N2O6P/c1-6-8-10-12-14-16-17-18-19-20-21-22-23-24-25-26-27-28-29-30-31-32-33-34-35-36-37-38-39-40-41-43-45-47-49-51-57(61)58-55(54-65-66(62,63)64-53-52-59(3,4)5)56(60)50-48-46-44-42-15-13-11-9-7-2/h8,10,14,16,18-19,21-22,24-25,27-28,30-31,33-34,48,50,55-56,60H,6-7,9,11-13,15,17,20,23,26,29,32,35-47,49,51-54H2,1-5H3,(H-,58,61,62,63)/b10-8-,16-14-,19-18-,22-21-,25-24-,28-27-,31-30-,34-33-,50-48+. The molecular formula is C57H99N2O6P. The van der Waals surface area contributed by atoms with Crippen molar-refractivity contribution in [3.63, 3.8) is 0 Å². The Morgan fingerprint density at radius 1 is 0.545 bits per heavy atom. The maximum atomic E-state index is 12.9. The molecule has 2 N–H and O–H groups in total. The van der Waals surface area contributed by atoms with Crippen molar-refractivity contribution in [1.82, 2.24) is 5.32 Å². The van der Waals surface area contributed by atoms with Crippen LogP contribution in [0.3, 0.4) is 0 Å². The molecule has 0 aliphatic rings. The molecule has 0 rings (SSSR count). The molecule has 0 aliphatic carbocycles. The van der Waals surface area contributed by atoms with Crippen LogP contribution in [0.15, 0.2) is 109 Å². The predicted molar refractivity (Wildman–Crippen MR) is 283 cm³/mol. The summed E-state index contributed by atoms with van der Waals surface area (Å²) in [5, 5.41) is 13.7. The second kappa shape index (κ2) is 47.2. The largest absolute Gasteiger partial charge is 0.756 e. The van der Waals surface area contributed by atoms with Crippen LogP contribution in [0.5, 0.6) is 0 Å². The number of amides is 1. The Kier molecular flexibility index (Phi) is 45.2. The van der Waals surface area contributed by atoms with E-state index in [-0.39, 0.29) is 19.1 Å². The lowest BCUT2D eigenvalue weighted by Gasteiger charge is -2.29. The van der Waals surface area contributed by atoms with Gasteiger partial charge in [-0.05, 0) is 83.5 Å². The molecule has 3 unspecified atom stereocenters. The third-order valence-corrected chi connectivity index (χ3v) is 12.0. The van der Waals surface area contributed by atoms with Crippen LogP contribution in [-0.2, 0) is 18.4 Å². The lowest BCUT2D eigenvalue weighted by atomic mass is 10.0. The Morgan fingerprint density at radius 3 is 1.35 bits per heavy atom. The molecule has 66 heavy (non-hydrogen) atoms. The number of nitrogens with one attached hydrogen (secondary N) is 1. The zero-order valence-corrected chi connectivity index (χ0v) is 43.7. The number of unbranched alkanes of at least 4 members (excludes halogenated alkanes) is 17. The third kappa shape index (κ3) is 49.1. The van der Waals surface area contributed by atoms with Gasteiger partial charge in [0.15, 0.2) is 0 Å². The topological polar surface area (TPSA) is 108 Å². The van der Waals surface area contributed by atoms with Crippen molar-refractivity contribution >= 4 is 13.7 Å². The molecule has 378 valence electrons. The van der Waals surface area contributed by atoms with Crippen LogP contribution in [0.4, 0.5) is 0 Å². The molecule has 1 amide bonds. The zero-order valence-electron chi connectivity index (χ0n) is 42.9. The molecule has 0 saturated heterocycles. The van der Waals surface area contributed by atoms with Gasteiger partial charge in [-0.15, -0.1) is 0 Å². The summed E-state index contributed by atoms with van der Waals surface area (Å²) in [6, 6.07) is -0.893. The molecule has 9 heteroatoms. The fourth-order valence-corrected chi connectivity index (χ4v) is 7.60. The van der Waals surface area contributed by atoms with E-state index < -0.39 is 20.0 Å². The monoisotopic (exact) mass is 939 g/mol. The minimum Gasteiger partial charge on any atom is -0.756 e. The lowest BCUT2D eigenvalue weighted by Crippen LogP contribution is -2.45. The van der Waals surface area contributed by atoms with Gasteiger partial charge in [-0.3, -0.25) is 9.36 Å². The minimum atomic E-state index is -4.59. The van der Waals surface area contributed by atoms with Crippen molar-refractivity contribution in [2.24, 2.45) is 0 Å². The van der Waals surface area contributed by atoms with Crippen LogP contribution in [0.1, 0.15) is 194 Å². The van der Waals surface area contributed by atoms with Crippen LogP contribution in [-0.4, -0.2) is 68.5 Å². The third-order valence-electron chi connectivity index (χ3n) is 11.0. The smallest absolute Gasteiger partial charge is 0.268 e. The van der Waals surface area contributed by atoms with E-state index in [9.17, 15) is 19.4 Å². The van der Waals surface area contributed by atoms with E-state index in [0.29, 0.717) is 17.4 Å². The van der Waals surface area contributed by atoms with Crippen LogP contribution in [0.25, 0.3) is 0 Å². The first-order chi connectivity index (χ1) is 32.0. The zero-order chi connectivity index (χ0) is 48.5.